The number of esters is 2. The van der Waals surface area contributed by atoms with Crippen molar-refractivity contribution in [2.75, 3.05) is 0 Å². The van der Waals surface area contributed by atoms with Crippen molar-refractivity contribution in [1.29, 1.82) is 0 Å². The normalized spacial score (nSPS) is 27.9. The van der Waals surface area contributed by atoms with E-state index in [0.29, 0.717) is 11.8 Å². The Bertz CT molecular complexity index is 672. The quantitative estimate of drug-likeness (QED) is 0.435. The predicted molar refractivity (Wildman–Crippen MR) is 119 cm³/mol. The molecule has 0 N–H and O–H groups in total. The van der Waals surface area contributed by atoms with E-state index in [9.17, 15) is 18.4 Å². The molecule has 0 aliphatic heterocycles. The first kappa shape index (κ1) is 24.7. The molecule has 3 rings (SSSR count). The van der Waals surface area contributed by atoms with E-state index in [1.807, 2.05) is 0 Å². The lowest BCUT2D eigenvalue weighted by atomic mass is 9.80. The molecule has 1 aromatic rings. The lowest BCUT2D eigenvalue weighted by Gasteiger charge is -2.30. The standard InChI is InChI=1S/C26H36F2O4/c1-3-23(27)25(29)31-21-13-9-19(10-14-21)17-5-7-18(8-6-17)20-11-15-22(16-12-20)32-26(30)24(28)4-2/h5-8,19-24H,3-4,9-16H2,1-2H3/t19-,20-,21-,22-,23-,24-/m1/s1. The number of hydrogen-bond acceptors (Lipinski definition) is 4. The second-order valence-corrected chi connectivity index (χ2v) is 9.24. The first-order chi connectivity index (χ1) is 15.4. The maximum Gasteiger partial charge on any atom is 0.340 e. The van der Waals surface area contributed by atoms with E-state index in [1.165, 1.54) is 11.1 Å². The van der Waals surface area contributed by atoms with Crippen LogP contribution in [-0.4, -0.2) is 36.5 Å². The van der Waals surface area contributed by atoms with Crippen LogP contribution in [0.1, 0.15) is 101 Å². The number of ether oxygens (including phenoxy) is 2. The van der Waals surface area contributed by atoms with E-state index in [4.69, 9.17) is 9.47 Å². The van der Waals surface area contributed by atoms with E-state index in [2.05, 4.69) is 24.3 Å². The van der Waals surface area contributed by atoms with Gasteiger partial charge in [-0.05, 0) is 87.2 Å². The molecular weight excluding hydrogens is 414 g/mol. The second kappa shape index (κ2) is 11.8. The minimum atomic E-state index is -1.51. The van der Waals surface area contributed by atoms with Crippen LogP contribution in [-0.2, 0) is 19.1 Å². The third-order valence-corrected chi connectivity index (χ3v) is 7.02. The van der Waals surface area contributed by atoms with E-state index in [-0.39, 0.29) is 25.0 Å². The first-order valence-electron chi connectivity index (χ1n) is 12.2. The fourth-order valence-electron chi connectivity index (χ4n) is 4.88. The van der Waals surface area contributed by atoms with Gasteiger partial charge in [0.1, 0.15) is 12.2 Å². The van der Waals surface area contributed by atoms with Crippen molar-refractivity contribution in [2.24, 2.45) is 0 Å². The molecule has 0 spiro atoms. The minimum Gasteiger partial charge on any atom is -0.460 e. The highest BCUT2D eigenvalue weighted by Crippen LogP contribution is 2.37. The third-order valence-electron chi connectivity index (χ3n) is 7.02. The topological polar surface area (TPSA) is 52.6 Å². The molecule has 0 bridgehead atoms. The van der Waals surface area contributed by atoms with Gasteiger partial charge >= 0.3 is 11.9 Å². The molecule has 0 heterocycles. The zero-order valence-corrected chi connectivity index (χ0v) is 19.2. The van der Waals surface area contributed by atoms with E-state index in [0.717, 1.165) is 51.4 Å². The molecular formula is C26H36F2O4. The lowest BCUT2D eigenvalue weighted by molar-refractivity contribution is -0.157. The Morgan fingerprint density at radius 3 is 1.31 bits per heavy atom. The minimum absolute atomic E-state index is 0.157. The van der Waals surface area contributed by atoms with Crippen molar-refractivity contribution in [3.05, 3.63) is 35.4 Å². The molecule has 32 heavy (non-hydrogen) atoms. The first-order valence-corrected chi connectivity index (χ1v) is 12.2. The lowest BCUT2D eigenvalue weighted by Crippen LogP contribution is -2.28. The van der Waals surface area contributed by atoms with Crippen molar-refractivity contribution < 1.29 is 27.8 Å². The summed E-state index contributed by atoms with van der Waals surface area (Å²) in [6.45, 7) is 3.28. The summed E-state index contributed by atoms with van der Waals surface area (Å²) >= 11 is 0. The van der Waals surface area contributed by atoms with Gasteiger partial charge in [-0.3, -0.25) is 0 Å². The molecule has 4 nitrogen and oxygen atoms in total. The molecule has 2 atom stereocenters. The Morgan fingerprint density at radius 2 is 1.03 bits per heavy atom. The van der Waals surface area contributed by atoms with Crippen LogP contribution in [0.3, 0.4) is 0 Å². The largest absolute Gasteiger partial charge is 0.460 e. The van der Waals surface area contributed by atoms with Crippen molar-refractivity contribution >= 4 is 11.9 Å². The number of halogens is 2. The summed E-state index contributed by atoms with van der Waals surface area (Å²) in [4.78, 5) is 23.3. The molecule has 0 radical (unpaired) electrons. The predicted octanol–water partition coefficient (Wildman–Crippen LogP) is 6.32. The molecule has 2 fully saturated rings. The van der Waals surface area contributed by atoms with Crippen molar-refractivity contribution in [3.8, 4) is 0 Å². The van der Waals surface area contributed by atoms with Crippen LogP contribution in [0, 0.1) is 0 Å². The zero-order chi connectivity index (χ0) is 23.1. The average Bonchev–Trinajstić information content (AvgIpc) is 2.84. The number of hydrogen-bond donors (Lipinski definition) is 0. The summed E-state index contributed by atoms with van der Waals surface area (Å²) in [5, 5.41) is 0. The van der Waals surface area contributed by atoms with Gasteiger partial charge in [-0.2, -0.15) is 0 Å². The maximum absolute atomic E-state index is 13.4. The van der Waals surface area contributed by atoms with E-state index in [1.54, 1.807) is 13.8 Å². The molecule has 2 aliphatic rings. The molecule has 178 valence electrons. The highest BCUT2D eigenvalue weighted by Gasteiger charge is 2.29. The summed E-state index contributed by atoms with van der Waals surface area (Å²) in [5.41, 5.74) is 2.60. The Labute approximate surface area is 190 Å². The molecule has 6 heteroatoms. The Balaban J connectivity index is 1.44. The fourth-order valence-corrected chi connectivity index (χ4v) is 4.88. The van der Waals surface area contributed by atoms with Crippen molar-refractivity contribution in [3.63, 3.8) is 0 Å². The molecule has 0 amide bonds. The number of carbonyl (C=O) groups excluding carboxylic acids is 2. The Hall–Kier alpha value is -1.98. The van der Waals surface area contributed by atoms with Crippen LogP contribution in [0.15, 0.2) is 24.3 Å². The van der Waals surface area contributed by atoms with Gasteiger partial charge < -0.3 is 9.47 Å². The van der Waals surface area contributed by atoms with Crippen LogP contribution in [0.25, 0.3) is 0 Å². The van der Waals surface area contributed by atoms with Crippen LogP contribution in [0.2, 0.25) is 0 Å². The van der Waals surface area contributed by atoms with Gasteiger partial charge in [0.25, 0.3) is 0 Å². The summed E-state index contributed by atoms with van der Waals surface area (Å²) < 4.78 is 37.5. The van der Waals surface area contributed by atoms with Crippen LogP contribution >= 0.6 is 0 Å². The van der Waals surface area contributed by atoms with Gasteiger partial charge in [-0.1, -0.05) is 38.1 Å². The number of rotatable bonds is 8. The number of benzene rings is 1. The molecule has 1 aromatic carbocycles. The van der Waals surface area contributed by atoms with Gasteiger partial charge in [0, 0.05) is 0 Å². The number of alkyl halides is 2. The molecule has 2 saturated carbocycles. The highest BCUT2D eigenvalue weighted by atomic mass is 19.1. The Kier molecular flexibility index (Phi) is 9.06. The molecule has 0 aromatic heterocycles. The van der Waals surface area contributed by atoms with E-state index >= 15 is 0 Å². The summed E-state index contributed by atoms with van der Waals surface area (Å²) in [7, 11) is 0. The van der Waals surface area contributed by atoms with Crippen LogP contribution in [0.5, 0.6) is 0 Å². The second-order valence-electron chi connectivity index (χ2n) is 9.24. The average molecular weight is 451 g/mol. The summed E-state index contributed by atoms with van der Waals surface area (Å²) in [6, 6.07) is 8.79. The summed E-state index contributed by atoms with van der Waals surface area (Å²) in [5.74, 6) is -0.568. The zero-order valence-electron chi connectivity index (χ0n) is 19.2. The highest BCUT2D eigenvalue weighted by molar-refractivity contribution is 5.75. The molecule has 2 aliphatic carbocycles. The van der Waals surface area contributed by atoms with Gasteiger partial charge in [-0.15, -0.1) is 0 Å². The van der Waals surface area contributed by atoms with Gasteiger partial charge in [0.15, 0.2) is 12.3 Å². The fraction of sp³-hybridized carbons (Fsp3) is 0.692. The van der Waals surface area contributed by atoms with Crippen molar-refractivity contribution in [2.45, 2.75) is 114 Å². The monoisotopic (exact) mass is 450 g/mol. The van der Waals surface area contributed by atoms with Crippen LogP contribution in [0.4, 0.5) is 8.78 Å². The van der Waals surface area contributed by atoms with Gasteiger partial charge in [0.2, 0.25) is 0 Å². The Morgan fingerprint density at radius 1 is 0.719 bits per heavy atom. The molecule has 0 saturated heterocycles. The maximum atomic E-state index is 13.4. The van der Waals surface area contributed by atoms with E-state index < -0.39 is 24.3 Å². The van der Waals surface area contributed by atoms with Crippen LogP contribution < -0.4 is 0 Å². The van der Waals surface area contributed by atoms with Gasteiger partial charge in [-0.25, -0.2) is 18.4 Å². The smallest absolute Gasteiger partial charge is 0.340 e. The van der Waals surface area contributed by atoms with Gasteiger partial charge in [0.05, 0.1) is 0 Å². The third kappa shape index (κ3) is 6.52. The van der Waals surface area contributed by atoms with Crippen molar-refractivity contribution in [1.82, 2.24) is 0 Å². The summed E-state index contributed by atoms with van der Waals surface area (Å²) in [6.07, 6.45) is 3.78. The SMILES string of the molecule is CC[C@@H](F)C(=O)O[C@H]1CC[C@H](c2ccc([C@H]3CC[C@H](OC(=O)[C@H](F)CC)CC3)cc2)CC1. The number of carbonyl (C=O) groups is 2. The molecule has 0 unspecified atom stereocenters.